The number of sulfonamides is 1. The van der Waals surface area contributed by atoms with Crippen LogP contribution in [0.15, 0.2) is 4.90 Å². The van der Waals surface area contributed by atoms with Gasteiger partial charge in [-0.3, -0.25) is 9.48 Å². The van der Waals surface area contributed by atoms with Crippen LogP contribution in [0.5, 0.6) is 0 Å². The van der Waals surface area contributed by atoms with Gasteiger partial charge in [-0.25, -0.2) is 13.1 Å². The van der Waals surface area contributed by atoms with Crippen molar-refractivity contribution >= 4 is 16.0 Å². The highest BCUT2D eigenvalue weighted by Gasteiger charge is 2.52. The smallest absolute Gasteiger partial charge is 0.310 e. The Balaban J connectivity index is 1.92. The third-order valence-corrected chi connectivity index (χ3v) is 7.10. The second-order valence-corrected chi connectivity index (χ2v) is 8.30. The lowest BCUT2D eigenvalue weighted by Crippen LogP contribution is -2.47. The lowest BCUT2D eigenvalue weighted by Gasteiger charge is -2.29. The van der Waals surface area contributed by atoms with E-state index in [1.807, 2.05) is 0 Å². The summed E-state index contributed by atoms with van der Waals surface area (Å²) >= 11 is 0. The first-order valence-corrected chi connectivity index (χ1v) is 9.35. The van der Waals surface area contributed by atoms with E-state index in [0.29, 0.717) is 11.4 Å². The zero-order valence-electron chi connectivity index (χ0n) is 13.9. The average molecular weight is 341 g/mol. The largest absolute Gasteiger partial charge is 0.469 e. The predicted molar refractivity (Wildman–Crippen MR) is 83.1 cm³/mol. The topological polar surface area (TPSA) is 90.3 Å². The molecule has 0 aromatic carbocycles. The van der Waals surface area contributed by atoms with Crippen LogP contribution in [0.4, 0.5) is 0 Å². The molecule has 0 unspecified atom stereocenters. The highest BCUT2D eigenvalue weighted by molar-refractivity contribution is 7.89. The van der Waals surface area contributed by atoms with Crippen molar-refractivity contribution < 1.29 is 17.9 Å². The van der Waals surface area contributed by atoms with Gasteiger partial charge >= 0.3 is 5.97 Å². The molecule has 2 fully saturated rings. The number of fused-ring (bicyclic) bond motifs is 2. The minimum absolute atomic E-state index is 0.205. The van der Waals surface area contributed by atoms with E-state index in [0.717, 1.165) is 19.3 Å². The summed E-state index contributed by atoms with van der Waals surface area (Å²) in [5.41, 5.74) is 1.06. The monoisotopic (exact) mass is 341 g/mol. The van der Waals surface area contributed by atoms with Gasteiger partial charge in [0, 0.05) is 13.1 Å². The number of rotatable bonds is 4. The molecule has 3 rings (SSSR count). The molecule has 2 saturated carbocycles. The van der Waals surface area contributed by atoms with Gasteiger partial charge in [0.15, 0.2) is 0 Å². The van der Waals surface area contributed by atoms with E-state index in [2.05, 4.69) is 9.82 Å². The fraction of sp³-hybridized carbons (Fsp3) is 0.733. The van der Waals surface area contributed by atoms with Crippen molar-refractivity contribution in [2.45, 2.75) is 44.0 Å². The summed E-state index contributed by atoms with van der Waals surface area (Å²) in [6.07, 6.45) is 2.81. The quantitative estimate of drug-likeness (QED) is 0.822. The van der Waals surface area contributed by atoms with Crippen molar-refractivity contribution in [3.05, 3.63) is 11.4 Å². The van der Waals surface area contributed by atoms with Crippen LogP contribution < -0.4 is 4.72 Å². The molecule has 1 heterocycles. The fourth-order valence-electron chi connectivity index (χ4n) is 4.32. The Morgan fingerprint density at radius 3 is 2.52 bits per heavy atom. The van der Waals surface area contributed by atoms with Crippen LogP contribution in [0.2, 0.25) is 0 Å². The molecule has 2 bridgehead atoms. The van der Waals surface area contributed by atoms with Gasteiger partial charge in [-0.15, -0.1) is 0 Å². The summed E-state index contributed by atoms with van der Waals surface area (Å²) in [5.74, 6) is -0.275. The number of aryl methyl sites for hydroxylation is 2. The number of aromatic nitrogens is 2. The maximum atomic E-state index is 12.9. The van der Waals surface area contributed by atoms with Crippen molar-refractivity contribution in [1.82, 2.24) is 14.5 Å². The molecule has 0 amide bonds. The molecule has 8 heteroatoms. The molecule has 128 valence electrons. The van der Waals surface area contributed by atoms with Crippen LogP contribution in [0.1, 0.15) is 30.7 Å². The Labute approximate surface area is 136 Å². The van der Waals surface area contributed by atoms with Gasteiger partial charge in [-0.1, -0.05) is 0 Å². The number of hydrogen-bond acceptors (Lipinski definition) is 5. The highest BCUT2D eigenvalue weighted by Crippen LogP contribution is 2.49. The molecule has 0 saturated heterocycles. The van der Waals surface area contributed by atoms with Crippen molar-refractivity contribution in [1.29, 1.82) is 0 Å². The highest BCUT2D eigenvalue weighted by atomic mass is 32.2. The van der Waals surface area contributed by atoms with Crippen LogP contribution in [0, 0.1) is 31.6 Å². The first kappa shape index (κ1) is 16.4. The molecule has 2 aliphatic rings. The van der Waals surface area contributed by atoms with Crippen LogP contribution in [-0.2, 0) is 26.6 Å². The van der Waals surface area contributed by atoms with E-state index in [1.165, 1.54) is 7.11 Å². The molecular formula is C15H23N3O4S. The summed E-state index contributed by atoms with van der Waals surface area (Å²) in [4.78, 5) is 12.3. The first-order valence-electron chi connectivity index (χ1n) is 7.86. The molecule has 0 aliphatic heterocycles. The van der Waals surface area contributed by atoms with Crippen LogP contribution in [-0.4, -0.2) is 37.3 Å². The van der Waals surface area contributed by atoms with Gasteiger partial charge in [0.25, 0.3) is 0 Å². The Hall–Kier alpha value is -1.41. The zero-order valence-corrected chi connectivity index (χ0v) is 14.7. The molecule has 1 aromatic heterocycles. The SMILES string of the molecule is COC(=O)[C@H]1[C@H]2CC[C@@H](C2)[C@H]1NS(=O)(=O)c1c(C)nn(C)c1C. The summed E-state index contributed by atoms with van der Waals surface area (Å²) < 4.78 is 35.0. The lowest BCUT2D eigenvalue weighted by atomic mass is 9.85. The van der Waals surface area contributed by atoms with E-state index in [4.69, 9.17) is 4.74 Å². The van der Waals surface area contributed by atoms with Crippen LogP contribution >= 0.6 is 0 Å². The Bertz CT molecular complexity index is 740. The number of carbonyl (C=O) groups is 1. The van der Waals surface area contributed by atoms with E-state index in [9.17, 15) is 13.2 Å². The van der Waals surface area contributed by atoms with Crippen LogP contribution in [0.3, 0.4) is 0 Å². The molecular weight excluding hydrogens is 318 g/mol. The number of ether oxygens (including phenoxy) is 1. The summed E-state index contributed by atoms with van der Waals surface area (Å²) in [5, 5.41) is 4.18. The van der Waals surface area contributed by atoms with Gasteiger partial charge in [-0.05, 0) is 44.9 Å². The van der Waals surface area contributed by atoms with Gasteiger partial charge in [-0.2, -0.15) is 5.10 Å². The third kappa shape index (κ3) is 2.57. The maximum Gasteiger partial charge on any atom is 0.310 e. The van der Waals surface area contributed by atoms with E-state index in [-0.39, 0.29) is 34.7 Å². The Morgan fingerprint density at radius 2 is 1.96 bits per heavy atom. The van der Waals surface area contributed by atoms with Crippen molar-refractivity contribution in [3.8, 4) is 0 Å². The normalized spacial score (nSPS) is 29.9. The van der Waals surface area contributed by atoms with Gasteiger partial charge in [0.05, 0.1) is 24.4 Å². The van der Waals surface area contributed by atoms with Gasteiger partial charge in [0.2, 0.25) is 10.0 Å². The molecule has 2 aliphatic carbocycles. The van der Waals surface area contributed by atoms with E-state index in [1.54, 1.807) is 25.6 Å². The zero-order chi connectivity index (χ0) is 16.9. The third-order valence-electron chi connectivity index (χ3n) is 5.39. The minimum Gasteiger partial charge on any atom is -0.469 e. The second kappa shape index (κ2) is 5.59. The van der Waals surface area contributed by atoms with Crippen molar-refractivity contribution in [3.63, 3.8) is 0 Å². The number of hydrogen-bond donors (Lipinski definition) is 1. The Kier molecular flexibility index (Phi) is 4.00. The number of esters is 1. The number of carbonyl (C=O) groups excluding carboxylic acids is 1. The second-order valence-electron chi connectivity index (χ2n) is 6.65. The standard InChI is InChI=1S/C15H23N3O4S/c1-8-14(9(2)18(3)16-8)23(20,21)17-13-11-6-5-10(7-11)12(13)15(19)22-4/h10-13,17H,5-7H2,1-4H3/t10-,11-,12-,13+/m0/s1. The molecule has 23 heavy (non-hydrogen) atoms. The maximum absolute atomic E-state index is 12.9. The molecule has 0 spiro atoms. The Morgan fingerprint density at radius 1 is 1.30 bits per heavy atom. The number of nitrogens with one attached hydrogen (secondary N) is 1. The number of methoxy groups -OCH3 is 1. The van der Waals surface area contributed by atoms with Crippen molar-refractivity contribution in [2.75, 3.05) is 7.11 Å². The molecule has 1 N–H and O–H groups in total. The average Bonchev–Trinajstić information content (AvgIpc) is 3.12. The van der Waals surface area contributed by atoms with Gasteiger partial charge < -0.3 is 4.74 Å². The molecule has 1 aromatic rings. The molecule has 4 atom stereocenters. The lowest BCUT2D eigenvalue weighted by molar-refractivity contribution is -0.148. The number of nitrogens with zero attached hydrogens (tertiary/aromatic N) is 2. The molecule has 7 nitrogen and oxygen atoms in total. The van der Waals surface area contributed by atoms with Crippen LogP contribution in [0.25, 0.3) is 0 Å². The van der Waals surface area contributed by atoms with Crippen molar-refractivity contribution in [2.24, 2.45) is 24.8 Å². The summed E-state index contributed by atoms with van der Waals surface area (Å²) in [6.45, 7) is 3.41. The van der Waals surface area contributed by atoms with E-state index < -0.39 is 10.0 Å². The summed E-state index contributed by atoms with van der Waals surface area (Å²) in [6, 6.07) is -0.384. The van der Waals surface area contributed by atoms with Gasteiger partial charge in [0.1, 0.15) is 4.90 Å². The first-order chi connectivity index (χ1) is 10.8. The predicted octanol–water partition coefficient (Wildman–Crippen LogP) is 0.903. The van der Waals surface area contributed by atoms with E-state index >= 15 is 0 Å². The minimum atomic E-state index is -3.72. The fourth-order valence-corrected chi connectivity index (χ4v) is 6.08. The molecule has 0 radical (unpaired) electrons. The summed E-state index contributed by atoms with van der Waals surface area (Å²) in [7, 11) is -0.648.